The van der Waals surface area contributed by atoms with Crippen molar-refractivity contribution in [2.45, 2.75) is 57.2 Å². The average molecular weight is 467 g/mol. The van der Waals surface area contributed by atoms with Crippen LogP contribution in [0.4, 0.5) is 0 Å². The summed E-state index contributed by atoms with van der Waals surface area (Å²) in [4.78, 5) is 29.9. The van der Waals surface area contributed by atoms with Crippen LogP contribution in [-0.2, 0) is 22.6 Å². The number of thiophene rings is 1. The molecule has 7 heteroatoms. The van der Waals surface area contributed by atoms with Crippen molar-refractivity contribution < 1.29 is 18.7 Å². The van der Waals surface area contributed by atoms with E-state index in [0.717, 1.165) is 30.6 Å². The van der Waals surface area contributed by atoms with Crippen LogP contribution in [0.3, 0.4) is 0 Å². The summed E-state index contributed by atoms with van der Waals surface area (Å²) in [6.07, 6.45) is 7.19. The first kappa shape index (κ1) is 23.1. The van der Waals surface area contributed by atoms with Crippen molar-refractivity contribution >= 4 is 23.2 Å². The molecule has 174 valence electrons. The van der Waals surface area contributed by atoms with E-state index in [-0.39, 0.29) is 30.8 Å². The summed E-state index contributed by atoms with van der Waals surface area (Å²) in [5.41, 5.74) is 0.716. The minimum atomic E-state index is -0.792. The first-order chi connectivity index (χ1) is 16.1. The minimum absolute atomic E-state index is 0.125. The van der Waals surface area contributed by atoms with Crippen LogP contribution in [0.2, 0.25) is 0 Å². The van der Waals surface area contributed by atoms with Crippen LogP contribution >= 0.6 is 11.3 Å². The van der Waals surface area contributed by atoms with Gasteiger partial charge in [-0.15, -0.1) is 11.3 Å². The summed E-state index contributed by atoms with van der Waals surface area (Å²) in [7, 11) is 1.60. The van der Waals surface area contributed by atoms with E-state index in [4.69, 9.17) is 9.15 Å². The Morgan fingerprint density at radius 1 is 1.15 bits per heavy atom. The molecule has 1 unspecified atom stereocenters. The van der Waals surface area contributed by atoms with E-state index in [1.165, 1.54) is 17.8 Å². The van der Waals surface area contributed by atoms with Crippen LogP contribution in [0.15, 0.2) is 64.6 Å². The highest BCUT2D eigenvalue weighted by molar-refractivity contribution is 7.10. The fourth-order valence-corrected chi connectivity index (χ4v) is 5.07. The molecule has 1 aliphatic rings. The second-order valence-corrected chi connectivity index (χ2v) is 9.41. The molecule has 0 bridgehead atoms. The Balaban J connectivity index is 1.68. The van der Waals surface area contributed by atoms with Crippen molar-refractivity contribution in [1.82, 2.24) is 10.2 Å². The van der Waals surface area contributed by atoms with Crippen molar-refractivity contribution in [3.8, 4) is 5.75 Å². The number of hydrogen-bond acceptors (Lipinski definition) is 5. The molecule has 2 aromatic heterocycles. The Morgan fingerprint density at radius 2 is 2.00 bits per heavy atom. The Labute approximate surface area is 198 Å². The Kier molecular flexibility index (Phi) is 7.83. The molecule has 0 radical (unpaired) electrons. The summed E-state index contributed by atoms with van der Waals surface area (Å²) in [5.74, 6) is 0.987. The number of rotatable bonds is 9. The van der Waals surface area contributed by atoms with Gasteiger partial charge in [0.2, 0.25) is 11.8 Å². The molecular weight excluding hydrogens is 436 g/mol. The van der Waals surface area contributed by atoms with Gasteiger partial charge in [-0.05, 0) is 54.1 Å². The van der Waals surface area contributed by atoms with Crippen LogP contribution in [0.25, 0.3) is 0 Å². The number of carbonyl (C=O) groups is 2. The molecule has 0 saturated heterocycles. The molecule has 2 heterocycles. The molecule has 4 rings (SSSR count). The second kappa shape index (κ2) is 11.2. The first-order valence-electron chi connectivity index (χ1n) is 11.4. The third kappa shape index (κ3) is 6.05. The van der Waals surface area contributed by atoms with E-state index < -0.39 is 6.04 Å². The fourth-order valence-electron chi connectivity index (χ4n) is 4.37. The summed E-state index contributed by atoms with van der Waals surface area (Å²) in [6, 6.07) is 14.2. The highest BCUT2D eigenvalue weighted by Gasteiger charge is 2.34. The van der Waals surface area contributed by atoms with Gasteiger partial charge in [-0.2, -0.15) is 0 Å². The lowest BCUT2D eigenvalue weighted by Crippen LogP contribution is -2.47. The molecule has 1 saturated carbocycles. The van der Waals surface area contributed by atoms with E-state index in [1.807, 2.05) is 47.8 Å². The van der Waals surface area contributed by atoms with Gasteiger partial charge in [-0.25, -0.2) is 0 Å². The van der Waals surface area contributed by atoms with Crippen molar-refractivity contribution in [3.63, 3.8) is 0 Å². The normalized spacial score (nSPS) is 15.1. The lowest BCUT2D eigenvalue weighted by molar-refractivity contribution is -0.141. The van der Waals surface area contributed by atoms with Gasteiger partial charge in [0, 0.05) is 10.9 Å². The summed E-state index contributed by atoms with van der Waals surface area (Å²) in [6.45, 7) is 0.206. The molecular formula is C26H30N2O4S. The minimum Gasteiger partial charge on any atom is -0.497 e. The zero-order valence-corrected chi connectivity index (χ0v) is 19.7. The molecule has 0 spiro atoms. The van der Waals surface area contributed by atoms with Crippen LogP contribution in [0.1, 0.15) is 54.3 Å². The number of hydrogen-bond donors (Lipinski definition) is 1. The SMILES string of the molecule is COc1cccc(C(C(=O)NC2CCCCC2)N(Cc2ccco2)C(=O)Cc2cccs2)c1. The van der Waals surface area contributed by atoms with Crippen molar-refractivity contribution in [1.29, 1.82) is 0 Å². The van der Waals surface area contributed by atoms with Crippen LogP contribution < -0.4 is 10.1 Å². The molecule has 1 aromatic carbocycles. The number of benzene rings is 1. The van der Waals surface area contributed by atoms with Crippen LogP contribution in [-0.4, -0.2) is 29.9 Å². The predicted octanol–water partition coefficient (Wildman–Crippen LogP) is 5.11. The molecule has 1 aliphatic carbocycles. The molecule has 1 N–H and O–H groups in total. The standard InChI is InChI=1S/C26H30N2O4S/c1-31-21-11-5-8-19(16-21)25(26(30)27-20-9-3-2-4-10-20)28(18-22-12-6-14-32-22)24(29)17-23-13-7-15-33-23/h5-8,11-16,20,25H,2-4,9-10,17-18H2,1H3,(H,27,30). The predicted molar refractivity (Wildman–Crippen MR) is 128 cm³/mol. The second-order valence-electron chi connectivity index (χ2n) is 8.38. The van der Waals surface area contributed by atoms with Gasteiger partial charge >= 0.3 is 0 Å². The first-order valence-corrected chi connectivity index (χ1v) is 12.3. The zero-order chi connectivity index (χ0) is 23.0. The summed E-state index contributed by atoms with van der Waals surface area (Å²) in [5, 5.41) is 5.18. The van der Waals surface area contributed by atoms with Crippen LogP contribution in [0, 0.1) is 0 Å². The van der Waals surface area contributed by atoms with E-state index in [1.54, 1.807) is 24.3 Å². The molecule has 6 nitrogen and oxygen atoms in total. The Hall–Kier alpha value is -3.06. The van der Waals surface area contributed by atoms with Gasteiger partial charge in [0.15, 0.2) is 0 Å². The van der Waals surface area contributed by atoms with E-state index in [2.05, 4.69) is 5.32 Å². The fraction of sp³-hybridized carbons (Fsp3) is 0.385. The number of methoxy groups -OCH3 is 1. The van der Waals surface area contributed by atoms with Gasteiger partial charge in [0.25, 0.3) is 0 Å². The maximum Gasteiger partial charge on any atom is 0.247 e. The molecule has 0 aliphatic heterocycles. The molecule has 2 amide bonds. The maximum absolute atomic E-state index is 13.7. The number of nitrogens with one attached hydrogen (secondary N) is 1. The van der Waals surface area contributed by atoms with Gasteiger partial charge < -0.3 is 19.4 Å². The summed E-state index contributed by atoms with van der Waals surface area (Å²) >= 11 is 1.54. The quantitative estimate of drug-likeness (QED) is 0.476. The molecule has 1 atom stereocenters. The third-order valence-corrected chi connectivity index (χ3v) is 6.93. The Morgan fingerprint density at radius 3 is 2.70 bits per heavy atom. The summed E-state index contributed by atoms with van der Waals surface area (Å²) < 4.78 is 11.0. The van der Waals surface area contributed by atoms with Crippen molar-refractivity contribution in [3.05, 3.63) is 76.4 Å². The van der Waals surface area contributed by atoms with E-state index in [0.29, 0.717) is 17.1 Å². The third-order valence-electron chi connectivity index (χ3n) is 6.05. The number of nitrogens with zero attached hydrogens (tertiary/aromatic N) is 1. The lowest BCUT2D eigenvalue weighted by atomic mass is 9.94. The lowest BCUT2D eigenvalue weighted by Gasteiger charge is -2.33. The van der Waals surface area contributed by atoms with Gasteiger partial charge in [-0.3, -0.25) is 9.59 Å². The number of carbonyl (C=O) groups excluding carboxylic acids is 2. The van der Waals surface area contributed by atoms with E-state index >= 15 is 0 Å². The number of furan rings is 1. The van der Waals surface area contributed by atoms with Crippen molar-refractivity contribution in [2.75, 3.05) is 7.11 Å². The topological polar surface area (TPSA) is 71.8 Å². The van der Waals surface area contributed by atoms with Gasteiger partial charge in [0.05, 0.1) is 26.3 Å². The highest BCUT2D eigenvalue weighted by Crippen LogP contribution is 2.29. The van der Waals surface area contributed by atoms with Crippen molar-refractivity contribution in [2.24, 2.45) is 0 Å². The molecule has 33 heavy (non-hydrogen) atoms. The van der Waals surface area contributed by atoms with Crippen LogP contribution in [0.5, 0.6) is 5.75 Å². The zero-order valence-electron chi connectivity index (χ0n) is 18.9. The number of amides is 2. The van der Waals surface area contributed by atoms with E-state index in [9.17, 15) is 9.59 Å². The maximum atomic E-state index is 13.7. The van der Waals surface area contributed by atoms with Gasteiger partial charge in [0.1, 0.15) is 17.6 Å². The molecule has 3 aromatic rings. The van der Waals surface area contributed by atoms with Gasteiger partial charge in [-0.1, -0.05) is 37.5 Å². The smallest absolute Gasteiger partial charge is 0.247 e. The molecule has 1 fully saturated rings. The Bertz CT molecular complexity index is 1030. The average Bonchev–Trinajstić information content (AvgIpc) is 3.54. The largest absolute Gasteiger partial charge is 0.497 e. The number of ether oxygens (including phenoxy) is 1. The monoisotopic (exact) mass is 466 g/mol. The highest BCUT2D eigenvalue weighted by atomic mass is 32.1.